The number of fused-ring (bicyclic) bond motifs is 1. The molecule has 0 saturated carbocycles. The number of hydrogen-bond acceptors (Lipinski definition) is 6. The predicted octanol–water partition coefficient (Wildman–Crippen LogP) is 4.16. The summed E-state index contributed by atoms with van der Waals surface area (Å²) < 4.78 is 15.7. The minimum absolute atomic E-state index is 0.330. The van der Waals surface area contributed by atoms with E-state index < -0.39 is 5.97 Å². The number of para-hydroxylation sites is 1. The van der Waals surface area contributed by atoms with E-state index in [9.17, 15) is 9.59 Å². The van der Waals surface area contributed by atoms with Crippen molar-refractivity contribution in [2.45, 2.75) is 20.3 Å². The summed E-state index contributed by atoms with van der Waals surface area (Å²) in [4.78, 5) is 29.9. The number of aryl methyl sites for hydroxylation is 2. The molecular weight excluding hydrogens is 370 g/mol. The zero-order chi connectivity index (χ0) is 21.0. The smallest absolute Gasteiger partial charge is 0.340 e. The molecule has 1 aromatic heterocycles. The fourth-order valence-corrected chi connectivity index (χ4v) is 3.26. The third kappa shape index (κ3) is 4.06. The van der Waals surface area contributed by atoms with Crippen LogP contribution in [0.1, 0.15) is 38.9 Å². The van der Waals surface area contributed by atoms with Crippen LogP contribution in [0.5, 0.6) is 11.5 Å². The SMILES string of the molecule is CCc1nc2ccccc2c(C)c1C(=O)OCC(=O)c1ccc(OC)c(OC)c1. The number of esters is 1. The van der Waals surface area contributed by atoms with E-state index in [1.165, 1.54) is 14.2 Å². The van der Waals surface area contributed by atoms with Crippen molar-refractivity contribution >= 4 is 22.7 Å². The molecule has 3 aromatic rings. The van der Waals surface area contributed by atoms with Gasteiger partial charge in [-0.05, 0) is 43.2 Å². The number of carbonyl (C=O) groups is 2. The number of rotatable bonds is 7. The first-order valence-corrected chi connectivity index (χ1v) is 9.30. The lowest BCUT2D eigenvalue weighted by atomic mass is 10.0. The average molecular weight is 393 g/mol. The first-order valence-electron chi connectivity index (χ1n) is 9.30. The maximum Gasteiger partial charge on any atom is 0.340 e. The van der Waals surface area contributed by atoms with Crippen molar-refractivity contribution < 1.29 is 23.8 Å². The minimum atomic E-state index is -0.550. The molecule has 6 heteroatoms. The maximum absolute atomic E-state index is 12.8. The molecule has 2 aromatic carbocycles. The normalized spacial score (nSPS) is 10.6. The third-order valence-electron chi connectivity index (χ3n) is 4.81. The Morgan fingerprint density at radius 2 is 1.72 bits per heavy atom. The van der Waals surface area contributed by atoms with Gasteiger partial charge in [0.1, 0.15) is 0 Å². The summed E-state index contributed by atoms with van der Waals surface area (Å²) in [5, 5.41) is 0.892. The van der Waals surface area contributed by atoms with Gasteiger partial charge in [-0.25, -0.2) is 4.79 Å². The number of methoxy groups -OCH3 is 2. The molecule has 0 aliphatic rings. The molecule has 0 spiro atoms. The number of ketones is 1. The minimum Gasteiger partial charge on any atom is -0.493 e. The molecular formula is C23H23NO5. The summed E-state index contributed by atoms with van der Waals surface area (Å²) in [6.07, 6.45) is 0.583. The molecule has 0 aliphatic carbocycles. The van der Waals surface area contributed by atoms with Crippen LogP contribution < -0.4 is 9.47 Å². The summed E-state index contributed by atoms with van der Waals surface area (Å²) in [7, 11) is 3.01. The highest BCUT2D eigenvalue weighted by molar-refractivity contribution is 6.02. The Morgan fingerprint density at radius 1 is 1.00 bits per heavy atom. The Kier molecular flexibility index (Phi) is 6.12. The molecule has 0 fully saturated rings. The maximum atomic E-state index is 12.8. The van der Waals surface area contributed by atoms with Crippen LogP contribution in [0.15, 0.2) is 42.5 Å². The lowest BCUT2D eigenvalue weighted by Gasteiger charge is -2.13. The fraction of sp³-hybridized carbons (Fsp3) is 0.261. The van der Waals surface area contributed by atoms with Crippen molar-refractivity contribution in [3.8, 4) is 11.5 Å². The Balaban J connectivity index is 1.82. The summed E-state index contributed by atoms with van der Waals surface area (Å²) in [5.74, 6) is 0.0780. The van der Waals surface area contributed by atoms with E-state index in [0.29, 0.717) is 34.7 Å². The zero-order valence-corrected chi connectivity index (χ0v) is 16.9. The number of pyridine rings is 1. The Labute approximate surface area is 169 Å². The number of aromatic nitrogens is 1. The molecule has 0 atom stereocenters. The molecule has 0 aliphatic heterocycles. The van der Waals surface area contributed by atoms with Crippen LogP contribution in [0.2, 0.25) is 0 Å². The number of nitrogens with zero attached hydrogens (tertiary/aromatic N) is 1. The first kappa shape index (κ1) is 20.3. The second-order valence-electron chi connectivity index (χ2n) is 6.50. The van der Waals surface area contributed by atoms with E-state index >= 15 is 0 Å². The predicted molar refractivity (Wildman–Crippen MR) is 110 cm³/mol. The highest BCUT2D eigenvalue weighted by atomic mass is 16.5. The van der Waals surface area contributed by atoms with E-state index in [4.69, 9.17) is 14.2 Å². The quantitative estimate of drug-likeness (QED) is 0.443. The number of Topliss-reactive ketones (excluding diaryl/α,β-unsaturated/α-hetero) is 1. The van der Waals surface area contributed by atoms with Crippen molar-refractivity contribution in [3.05, 3.63) is 64.8 Å². The number of benzene rings is 2. The van der Waals surface area contributed by atoms with E-state index in [1.54, 1.807) is 18.2 Å². The fourth-order valence-electron chi connectivity index (χ4n) is 3.26. The van der Waals surface area contributed by atoms with E-state index in [2.05, 4.69) is 4.98 Å². The molecule has 0 unspecified atom stereocenters. The van der Waals surface area contributed by atoms with Crippen LogP contribution in [-0.4, -0.2) is 37.6 Å². The van der Waals surface area contributed by atoms with Gasteiger partial charge in [-0.3, -0.25) is 9.78 Å². The number of carbonyl (C=O) groups excluding carboxylic acids is 2. The zero-order valence-electron chi connectivity index (χ0n) is 16.9. The standard InChI is InChI=1S/C23H23NO5/c1-5-17-22(14(2)16-8-6-7-9-18(16)24-17)23(26)29-13-19(25)15-10-11-20(27-3)21(12-15)28-4/h6-12H,5,13H2,1-4H3. The largest absolute Gasteiger partial charge is 0.493 e. The van der Waals surface area contributed by atoms with Crippen LogP contribution in [0.3, 0.4) is 0 Å². The molecule has 0 bridgehead atoms. The van der Waals surface area contributed by atoms with Crippen molar-refractivity contribution in [1.82, 2.24) is 4.98 Å². The highest BCUT2D eigenvalue weighted by Crippen LogP contribution is 2.28. The van der Waals surface area contributed by atoms with Crippen LogP contribution in [0.4, 0.5) is 0 Å². The van der Waals surface area contributed by atoms with Gasteiger partial charge in [0.25, 0.3) is 0 Å². The Hall–Kier alpha value is -3.41. The summed E-state index contributed by atoms with van der Waals surface area (Å²) in [6.45, 7) is 3.43. The average Bonchev–Trinajstić information content (AvgIpc) is 2.76. The Morgan fingerprint density at radius 3 is 2.41 bits per heavy atom. The van der Waals surface area contributed by atoms with Gasteiger partial charge in [0, 0.05) is 10.9 Å². The van der Waals surface area contributed by atoms with Crippen molar-refractivity contribution in [3.63, 3.8) is 0 Å². The summed E-state index contributed by atoms with van der Waals surface area (Å²) >= 11 is 0. The van der Waals surface area contributed by atoms with Gasteiger partial charge in [0.2, 0.25) is 0 Å². The van der Waals surface area contributed by atoms with Gasteiger partial charge in [0.15, 0.2) is 23.9 Å². The van der Waals surface area contributed by atoms with Crippen LogP contribution in [0.25, 0.3) is 10.9 Å². The molecule has 0 amide bonds. The molecule has 1 heterocycles. The van der Waals surface area contributed by atoms with Gasteiger partial charge < -0.3 is 14.2 Å². The Bertz CT molecular complexity index is 1070. The van der Waals surface area contributed by atoms with Crippen LogP contribution in [-0.2, 0) is 11.2 Å². The van der Waals surface area contributed by atoms with Gasteiger partial charge in [0.05, 0.1) is 31.0 Å². The van der Waals surface area contributed by atoms with Crippen molar-refractivity contribution in [2.75, 3.05) is 20.8 Å². The molecule has 0 saturated heterocycles. The highest BCUT2D eigenvalue weighted by Gasteiger charge is 2.20. The van der Waals surface area contributed by atoms with E-state index in [-0.39, 0.29) is 12.4 Å². The topological polar surface area (TPSA) is 74.7 Å². The van der Waals surface area contributed by atoms with Crippen LogP contribution >= 0.6 is 0 Å². The van der Waals surface area contributed by atoms with E-state index in [1.807, 2.05) is 38.1 Å². The summed E-state index contributed by atoms with van der Waals surface area (Å²) in [6, 6.07) is 12.5. The molecule has 0 radical (unpaired) electrons. The lowest BCUT2D eigenvalue weighted by Crippen LogP contribution is -2.17. The van der Waals surface area contributed by atoms with Crippen LogP contribution in [0, 0.1) is 6.92 Å². The number of ether oxygens (including phenoxy) is 3. The third-order valence-corrected chi connectivity index (χ3v) is 4.81. The second-order valence-corrected chi connectivity index (χ2v) is 6.50. The van der Waals surface area contributed by atoms with Gasteiger partial charge in [-0.1, -0.05) is 25.1 Å². The molecule has 6 nitrogen and oxygen atoms in total. The molecule has 29 heavy (non-hydrogen) atoms. The monoisotopic (exact) mass is 393 g/mol. The lowest BCUT2D eigenvalue weighted by molar-refractivity contribution is 0.0472. The van der Waals surface area contributed by atoms with Gasteiger partial charge in [-0.2, -0.15) is 0 Å². The van der Waals surface area contributed by atoms with Crippen molar-refractivity contribution in [2.24, 2.45) is 0 Å². The second kappa shape index (κ2) is 8.73. The molecule has 150 valence electrons. The molecule has 3 rings (SSSR count). The molecule has 0 N–H and O–H groups in total. The van der Waals surface area contributed by atoms with Crippen molar-refractivity contribution in [1.29, 1.82) is 0 Å². The summed E-state index contributed by atoms with van der Waals surface area (Å²) in [5.41, 5.74) is 3.09. The number of hydrogen-bond donors (Lipinski definition) is 0. The van der Waals surface area contributed by atoms with Gasteiger partial charge >= 0.3 is 5.97 Å². The van der Waals surface area contributed by atoms with E-state index in [0.717, 1.165) is 16.5 Å². The first-order chi connectivity index (χ1) is 14.0. The van der Waals surface area contributed by atoms with Gasteiger partial charge in [-0.15, -0.1) is 0 Å².